The topological polar surface area (TPSA) is 219 Å². The number of halogens is 1. The third kappa shape index (κ3) is 13.9. The van der Waals surface area contributed by atoms with E-state index in [1.165, 1.54) is 28.7 Å². The molecule has 2 bridgehead atoms. The van der Waals surface area contributed by atoms with Crippen molar-refractivity contribution in [2.45, 2.75) is 136 Å². The molecule has 4 heterocycles. The molecule has 424 valence electrons. The lowest BCUT2D eigenvalue weighted by molar-refractivity contribution is -0.147. The van der Waals surface area contributed by atoms with Gasteiger partial charge < -0.3 is 44.7 Å². The summed E-state index contributed by atoms with van der Waals surface area (Å²) in [7, 11) is 3.31. The van der Waals surface area contributed by atoms with Gasteiger partial charge in [0.1, 0.15) is 59.7 Å². The Bertz CT molecular complexity index is 3130. The number of likely N-dealkylation sites (N-methyl/N-ethyl adjacent to an activating group) is 1. The first-order chi connectivity index (χ1) is 38.3. The van der Waals surface area contributed by atoms with Crippen molar-refractivity contribution in [3.05, 3.63) is 129 Å². The number of Topliss-reactive ketones (excluding diaryl/α,β-unsaturated/α-hetero) is 1. The smallest absolute Gasteiger partial charge is 0.254 e. The van der Waals surface area contributed by atoms with Gasteiger partial charge in [-0.1, -0.05) is 51.1 Å². The summed E-state index contributed by atoms with van der Waals surface area (Å²) in [4.78, 5) is 76.7. The number of hydrogen-bond donors (Lipinski definition) is 3. The number of rotatable bonds is 20. The van der Waals surface area contributed by atoms with E-state index in [1.54, 1.807) is 56.7 Å². The summed E-state index contributed by atoms with van der Waals surface area (Å²) < 4.78 is 39.9. The maximum absolute atomic E-state index is 14.7. The van der Waals surface area contributed by atoms with Crippen molar-refractivity contribution >= 4 is 29.4 Å². The van der Waals surface area contributed by atoms with Gasteiger partial charge in [0.25, 0.3) is 5.91 Å². The molecule has 80 heavy (non-hydrogen) atoms. The highest BCUT2D eigenvalue weighted by molar-refractivity contribution is 5.96. The van der Waals surface area contributed by atoms with Crippen LogP contribution in [0.1, 0.15) is 134 Å². The molecule has 2 aromatic heterocycles. The Labute approximate surface area is 467 Å². The molecule has 0 fully saturated rings. The van der Waals surface area contributed by atoms with Crippen LogP contribution in [-0.4, -0.2) is 119 Å². The number of pyridine rings is 1. The van der Waals surface area contributed by atoms with Gasteiger partial charge in [-0.15, -0.1) is 0 Å². The number of ketones is 1. The second kappa shape index (κ2) is 26.2. The zero-order valence-corrected chi connectivity index (χ0v) is 47.2. The average molecular weight is 1100 g/mol. The van der Waals surface area contributed by atoms with Crippen molar-refractivity contribution in [1.29, 1.82) is 5.26 Å². The van der Waals surface area contributed by atoms with E-state index in [9.17, 15) is 33.6 Å². The monoisotopic (exact) mass is 1100 g/mol. The summed E-state index contributed by atoms with van der Waals surface area (Å²) in [5.41, 5.74) is 6.51. The minimum atomic E-state index is -0.904. The fourth-order valence-electron chi connectivity index (χ4n) is 10.6. The number of nitriles is 1. The molecule has 0 saturated carbocycles. The number of aromatic nitrogens is 3. The number of nitrogens with one attached hydrogen (secondary N) is 3. The molecule has 1 aliphatic carbocycles. The van der Waals surface area contributed by atoms with Gasteiger partial charge in [-0.3, -0.25) is 33.6 Å². The minimum absolute atomic E-state index is 0.00947. The molecule has 19 heteroatoms. The lowest BCUT2D eigenvalue weighted by Gasteiger charge is -2.41. The van der Waals surface area contributed by atoms with Gasteiger partial charge in [0, 0.05) is 67.9 Å². The molecular formula is C61H74FN9O9. The number of carbonyl (C=O) groups is 5. The number of hydrogen-bond acceptors (Lipinski definition) is 13. The van der Waals surface area contributed by atoms with Crippen LogP contribution in [0.3, 0.4) is 0 Å². The molecule has 5 aromatic rings. The van der Waals surface area contributed by atoms with Gasteiger partial charge in [0.2, 0.25) is 17.7 Å². The first-order valence-corrected chi connectivity index (χ1v) is 27.6. The van der Waals surface area contributed by atoms with E-state index in [0.717, 1.165) is 36.0 Å². The Balaban J connectivity index is 0.808. The molecule has 2 aliphatic heterocycles. The number of amides is 4. The summed E-state index contributed by atoms with van der Waals surface area (Å²) in [5.74, 6) is -0.737. The summed E-state index contributed by atoms with van der Waals surface area (Å²) in [6.45, 7) is 12.7. The van der Waals surface area contributed by atoms with E-state index in [2.05, 4.69) is 39.1 Å². The first-order valence-electron chi connectivity index (χ1n) is 27.6. The van der Waals surface area contributed by atoms with Crippen LogP contribution < -0.4 is 25.4 Å². The predicted octanol–water partition coefficient (Wildman–Crippen LogP) is 7.43. The van der Waals surface area contributed by atoms with Crippen LogP contribution in [0.4, 0.5) is 4.39 Å². The van der Waals surface area contributed by atoms with E-state index in [4.69, 9.17) is 24.0 Å². The molecular weight excluding hydrogens is 1020 g/mol. The van der Waals surface area contributed by atoms with Crippen molar-refractivity contribution in [3.8, 4) is 28.7 Å². The zero-order chi connectivity index (χ0) is 57.3. The Morgan fingerprint density at radius 2 is 1.70 bits per heavy atom. The van der Waals surface area contributed by atoms with Crippen LogP contribution in [0.25, 0.3) is 11.1 Å². The van der Waals surface area contributed by atoms with Crippen LogP contribution in [-0.2, 0) is 61.1 Å². The fourth-order valence-corrected chi connectivity index (χ4v) is 10.6. The van der Waals surface area contributed by atoms with E-state index in [-0.39, 0.29) is 112 Å². The van der Waals surface area contributed by atoms with Gasteiger partial charge in [-0.2, -0.15) is 10.4 Å². The van der Waals surface area contributed by atoms with Gasteiger partial charge in [-0.25, -0.2) is 4.39 Å². The van der Waals surface area contributed by atoms with E-state index in [0.29, 0.717) is 52.4 Å². The number of fused-ring (bicyclic) bond motifs is 7. The van der Waals surface area contributed by atoms with Gasteiger partial charge >= 0.3 is 0 Å². The van der Waals surface area contributed by atoms with Crippen molar-refractivity contribution in [3.63, 3.8) is 0 Å². The lowest BCUT2D eigenvalue weighted by Crippen LogP contribution is -2.62. The fraction of sp³-hybridized carbons (Fsp3) is 0.475. The van der Waals surface area contributed by atoms with Crippen molar-refractivity contribution < 1.29 is 47.3 Å². The molecule has 3 N–H and O–H groups in total. The van der Waals surface area contributed by atoms with Crippen molar-refractivity contribution in [1.82, 2.24) is 40.5 Å². The molecule has 5 atom stereocenters. The van der Waals surface area contributed by atoms with E-state index < -0.39 is 35.5 Å². The third-order valence-electron chi connectivity index (χ3n) is 15.2. The number of carbonyl (C=O) groups excluding carboxylic acids is 5. The van der Waals surface area contributed by atoms with Gasteiger partial charge in [0.05, 0.1) is 56.4 Å². The maximum atomic E-state index is 14.7. The highest BCUT2D eigenvalue weighted by Gasteiger charge is 2.43. The predicted molar refractivity (Wildman–Crippen MR) is 297 cm³/mol. The second-order valence-corrected chi connectivity index (χ2v) is 22.0. The standard InChI is InChI=1S/C61H74FN9O9/c1-37-54-31-42(34-65-37)55-51(36-69(8)59(75)48-21-19-44(62)32-49(48)39(3)80-54)68-71(53(55)33-63)23-12-15-45(72)22-24-77-25-26-78-27-28-79-46-20-18-41-30-52(58(74)66-50-17-11-14-40-13-9-10-16-47(40)50)70(35-43(41)29-46)60(76)56(61(4,5)6)67-57(73)38(2)64-7/h9-10,13,16,18-21,29,31-32,34,38-39,50,52,56,64H,11-12,14-15,17,22-28,30,35-36H2,1-8H3,(H,66,74)(H,67,73)/t38-,39-,50+,52-,56+/m1/s1. The average Bonchev–Trinajstić information content (AvgIpc) is 3.79. The molecule has 3 aliphatic rings. The van der Waals surface area contributed by atoms with Gasteiger partial charge in [-0.05, 0) is 118 Å². The third-order valence-corrected chi connectivity index (χ3v) is 15.2. The summed E-state index contributed by atoms with van der Waals surface area (Å²) in [6.07, 6.45) is 4.77. The molecule has 0 saturated heterocycles. The quantitative estimate of drug-likeness (QED) is 0.0647. The Hall–Kier alpha value is -7.53. The van der Waals surface area contributed by atoms with Gasteiger partial charge in [0.15, 0.2) is 0 Å². The molecule has 4 amide bonds. The number of benzene rings is 3. The normalized spacial score (nSPS) is 17.6. The minimum Gasteiger partial charge on any atom is -0.491 e. The number of aryl methyl sites for hydroxylation is 3. The Morgan fingerprint density at radius 3 is 2.46 bits per heavy atom. The lowest BCUT2D eigenvalue weighted by atomic mass is 9.83. The highest BCUT2D eigenvalue weighted by atomic mass is 19.1. The second-order valence-electron chi connectivity index (χ2n) is 22.0. The van der Waals surface area contributed by atoms with Crippen molar-refractivity contribution in [2.75, 3.05) is 47.1 Å². The SMILES string of the molecule is CN[C@H](C)C(=O)N[C@@H](C(=O)N1Cc2cc(OCCOCCOCCC(=O)CCCn3nc4c(c3C#N)-c3cnc(C)c(c3)O[C@H](C)c3cc(F)ccc3C(=O)N(C)C4)ccc2C[C@@H]1C(=O)N[C@H]1CCCc2ccccc21)C(C)(C)C. The summed E-state index contributed by atoms with van der Waals surface area (Å²) in [5, 5.41) is 24.4. The molecule has 18 nitrogen and oxygen atoms in total. The maximum Gasteiger partial charge on any atom is 0.254 e. The first kappa shape index (κ1) is 58.6. The van der Waals surface area contributed by atoms with Crippen LogP contribution in [0.15, 0.2) is 72.9 Å². The van der Waals surface area contributed by atoms with Crippen molar-refractivity contribution in [2.24, 2.45) is 5.41 Å². The van der Waals surface area contributed by atoms with E-state index in [1.807, 2.05) is 51.1 Å². The van der Waals surface area contributed by atoms with E-state index >= 15 is 0 Å². The molecule has 3 aromatic carbocycles. The molecule has 0 unspecified atom stereocenters. The molecule has 8 rings (SSSR count). The summed E-state index contributed by atoms with van der Waals surface area (Å²) >= 11 is 0. The zero-order valence-electron chi connectivity index (χ0n) is 47.2. The van der Waals surface area contributed by atoms with Crippen LogP contribution >= 0.6 is 0 Å². The largest absolute Gasteiger partial charge is 0.491 e. The number of nitrogens with zero attached hydrogens (tertiary/aromatic N) is 6. The summed E-state index contributed by atoms with van der Waals surface area (Å²) in [6, 6.07) is 19.5. The Morgan fingerprint density at radius 1 is 0.938 bits per heavy atom. The Kier molecular flexibility index (Phi) is 19.2. The van der Waals surface area contributed by atoms with Crippen LogP contribution in [0, 0.1) is 29.5 Å². The van der Waals surface area contributed by atoms with Crippen LogP contribution in [0.2, 0.25) is 0 Å². The number of ether oxygens (including phenoxy) is 4. The molecule has 0 radical (unpaired) electrons. The van der Waals surface area contributed by atoms with Crippen LogP contribution in [0.5, 0.6) is 11.5 Å². The highest BCUT2D eigenvalue weighted by Crippen LogP contribution is 2.37. The molecule has 0 spiro atoms.